The van der Waals surface area contributed by atoms with Gasteiger partial charge in [0, 0.05) is 25.3 Å². The van der Waals surface area contributed by atoms with Crippen molar-refractivity contribution in [1.82, 2.24) is 15.2 Å². The van der Waals surface area contributed by atoms with Gasteiger partial charge in [-0.2, -0.15) is 0 Å². The predicted octanol–water partition coefficient (Wildman–Crippen LogP) is 1.46. The summed E-state index contributed by atoms with van der Waals surface area (Å²) in [7, 11) is 1.63. The van der Waals surface area contributed by atoms with E-state index in [9.17, 15) is 4.79 Å². The third-order valence-electron chi connectivity index (χ3n) is 4.96. The highest BCUT2D eigenvalue weighted by atomic mass is 16.5. The van der Waals surface area contributed by atoms with Crippen molar-refractivity contribution >= 4 is 5.95 Å². The van der Waals surface area contributed by atoms with Gasteiger partial charge in [0.1, 0.15) is 11.4 Å². The minimum Gasteiger partial charge on any atom is -0.497 e. The molecule has 1 fully saturated rings. The van der Waals surface area contributed by atoms with Crippen LogP contribution < -0.4 is 20.9 Å². The average Bonchev–Trinajstić information content (AvgIpc) is 2.55. The third kappa shape index (κ3) is 5.07. The van der Waals surface area contributed by atoms with E-state index < -0.39 is 0 Å². The minimum absolute atomic E-state index is 0.140. The van der Waals surface area contributed by atoms with Gasteiger partial charge in [0.25, 0.3) is 5.56 Å². The normalized spacial score (nSPS) is 18.9. The van der Waals surface area contributed by atoms with Crippen molar-refractivity contribution in [2.24, 2.45) is 0 Å². The molecule has 27 heavy (non-hydrogen) atoms. The van der Waals surface area contributed by atoms with Gasteiger partial charge in [0.05, 0.1) is 18.2 Å². The van der Waals surface area contributed by atoms with E-state index in [-0.39, 0.29) is 22.7 Å². The number of rotatable bonds is 5. The molecule has 0 atom stereocenters. The molecule has 146 valence electrons. The van der Waals surface area contributed by atoms with Gasteiger partial charge in [0.2, 0.25) is 5.95 Å². The van der Waals surface area contributed by atoms with Crippen LogP contribution in [-0.4, -0.2) is 39.4 Å². The number of nitrogens with two attached hydrogens (primary N) is 1. The van der Waals surface area contributed by atoms with E-state index in [0.717, 1.165) is 24.2 Å². The first-order chi connectivity index (χ1) is 12.7. The molecule has 2 heterocycles. The molecule has 3 rings (SSSR count). The van der Waals surface area contributed by atoms with Crippen LogP contribution in [0, 0.1) is 0 Å². The summed E-state index contributed by atoms with van der Waals surface area (Å²) in [6.07, 6.45) is 2.42. The molecule has 0 unspecified atom stereocenters. The van der Waals surface area contributed by atoms with Crippen molar-refractivity contribution in [1.29, 1.82) is 0 Å². The molecule has 1 aromatic heterocycles. The van der Waals surface area contributed by atoms with Gasteiger partial charge in [-0.25, -0.2) is 0 Å². The van der Waals surface area contributed by atoms with Gasteiger partial charge >= 0.3 is 0 Å². The van der Waals surface area contributed by atoms with Gasteiger partial charge in [-0.1, -0.05) is 12.1 Å². The maximum Gasteiger partial charge on any atom is 0.274 e. The van der Waals surface area contributed by atoms with Crippen LogP contribution in [0.5, 0.6) is 5.75 Å². The van der Waals surface area contributed by atoms with Crippen molar-refractivity contribution in [3.63, 3.8) is 0 Å². The largest absolute Gasteiger partial charge is 0.497 e. The van der Waals surface area contributed by atoms with E-state index in [0.29, 0.717) is 18.1 Å². The van der Waals surface area contributed by atoms with Gasteiger partial charge < -0.3 is 15.4 Å². The number of H-pyrrole nitrogens is 1. The van der Waals surface area contributed by atoms with Gasteiger partial charge in [0.15, 0.2) is 0 Å². The highest BCUT2D eigenvalue weighted by molar-refractivity contribution is 5.30. The highest BCUT2D eigenvalue weighted by Gasteiger charge is 2.41. The fourth-order valence-electron chi connectivity index (χ4n) is 4.29. The quantitative estimate of drug-likeness (QED) is 0.738. The van der Waals surface area contributed by atoms with Crippen LogP contribution in [0.2, 0.25) is 0 Å². The number of hydrogen-bond acceptors (Lipinski definition) is 5. The number of piperidine rings is 1. The average molecular weight is 372 g/mol. The summed E-state index contributed by atoms with van der Waals surface area (Å²) in [5.74, 6) is 1.23. The maximum absolute atomic E-state index is 12.4. The Kier molecular flexibility index (Phi) is 5.24. The maximum atomic E-state index is 12.4. The van der Waals surface area contributed by atoms with Crippen molar-refractivity contribution in [2.75, 3.05) is 12.4 Å². The van der Waals surface area contributed by atoms with Gasteiger partial charge in [-0.15, -0.1) is 10.2 Å². The number of nitrogens with zero attached hydrogens (tertiary/aromatic N) is 2. The van der Waals surface area contributed by atoms with Crippen LogP contribution in [0.1, 0.15) is 51.8 Å². The third-order valence-corrected chi connectivity index (χ3v) is 4.96. The zero-order valence-electron chi connectivity index (χ0n) is 16.8. The SMILES string of the molecule is COc1ccc(Cc2nnc(NC3CC(C)(C)[NH2+]C(C)(C)C3)[nH]c2=O)cc1. The molecule has 0 spiro atoms. The Morgan fingerprint density at radius 3 is 2.33 bits per heavy atom. The number of anilines is 1. The lowest BCUT2D eigenvalue weighted by atomic mass is 9.80. The Morgan fingerprint density at radius 1 is 1.15 bits per heavy atom. The number of aromatic nitrogens is 3. The lowest BCUT2D eigenvalue weighted by molar-refractivity contribution is -0.787. The second kappa shape index (κ2) is 7.31. The summed E-state index contributed by atoms with van der Waals surface area (Å²) in [6.45, 7) is 8.98. The Morgan fingerprint density at radius 2 is 1.78 bits per heavy atom. The zero-order chi connectivity index (χ0) is 19.7. The Bertz CT molecular complexity index is 826. The minimum atomic E-state index is -0.204. The molecule has 0 aliphatic carbocycles. The number of methoxy groups -OCH3 is 1. The molecule has 7 heteroatoms. The van der Waals surface area contributed by atoms with Crippen molar-refractivity contribution in [3.8, 4) is 5.75 Å². The molecule has 7 nitrogen and oxygen atoms in total. The lowest BCUT2D eigenvalue weighted by Crippen LogP contribution is -3.06. The monoisotopic (exact) mass is 372 g/mol. The van der Waals surface area contributed by atoms with Crippen molar-refractivity contribution in [2.45, 2.75) is 64.1 Å². The number of quaternary nitrogens is 1. The summed E-state index contributed by atoms with van der Waals surface area (Å²) in [5, 5.41) is 14.2. The number of aromatic amines is 1. The number of hydrogen-bond donors (Lipinski definition) is 3. The Labute approximate surface area is 159 Å². The molecule has 1 saturated heterocycles. The van der Waals surface area contributed by atoms with Crippen LogP contribution in [0.25, 0.3) is 0 Å². The lowest BCUT2D eigenvalue weighted by Gasteiger charge is -2.43. The summed E-state index contributed by atoms with van der Waals surface area (Å²) < 4.78 is 5.15. The van der Waals surface area contributed by atoms with E-state index in [4.69, 9.17) is 4.74 Å². The molecular weight excluding hydrogens is 342 g/mol. The summed E-state index contributed by atoms with van der Waals surface area (Å²) in [6, 6.07) is 7.84. The summed E-state index contributed by atoms with van der Waals surface area (Å²) in [5.41, 5.74) is 1.47. The molecule has 0 amide bonds. The number of ether oxygens (including phenoxy) is 1. The molecule has 2 aromatic rings. The number of nitrogens with one attached hydrogen (secondary N) is 2. The summed E-state index contributed by atoms with van der Waals surface area (Å²) >= 11 is 0. The predicted molar refractivity (Wildman–Crippen MR) is 105 cm³/mol. The van der Waals surface area contributed by atoms with E-state index in [1.165, 1.54) is 0 Å². The standard InChI is InChI=1S/C20H29N5O2/c1-19(2)11-14(12-20(3,4)25-19)21-18-22-17(26)16(23-24-18)10-13-6-8-15(27-5)9-7-13/h6-9,14,25H,10-12H2,1-5H3,(H2,21,22,24,26)/p+1. The van der Waals surface area contributed by atoms with Crippen LogP contribution in [0.15, 0.2) is 29.1 Å². The molecule has 0 saturated carbocycles. The van der Waals surface area contributed by atoms with E-state index in [1.54, 1.807) is 7.11 Å². The Hall–Kier alpha value is -2.41. The molecule has 0 bridgehead atoms. The number of benzene rings is 1. The summed E-state index contributed by atoms with van der Waals surface area (Å²) in [4.78, 5) is 15.3. The molecule has 4 N–H and O–H groups in total. The zero-order valence-corrected chi connectivity index (χ0v) is 16.8. The fraction of sp³-hybridized carbons (Fsp3) is 0.550. The molecule has 1 aliphatic heterocycles. The van der Waals surface area contributed by atoms with E-state index in [2.05, 4.69) is 53.5 Å². The van der Waals surface area contributed by atoms with Gasteiger partial charge in [-0.3, -0.25) is 9.78 Å². The second-order valence-corrected chi connectivity index (χ2v) is 8.85. The van der Waals surface area contributed by atoms with E-state index in [1.807, 2.05) is 24.3 Å². The second-order valence-electron chi connectivity index (χ2n) is 8.85. The van der Waals surface area contributed by atoms with E-state index >= 15 is 0 Å². The van der Waals surface area contributed by atoms with Crippen molar-refractivity contribution < 1.29 is 10.1 Å². The van der Waals surface area contributed by atoms with Crippen molar-refractivity contribution in [3.05, 3.63) is 45.9 Å². The topological polar surface area (TPSA) is 96.5 Å². The molecular formula is C20H30N5O2+. The van der Waals surface area contributed by atoms with Crippen LogP contribution in [0.4, 0.5) is 5.95 Å². The molecule has 1 aromatic carbocycles. The first kappa shape index (κ1) is 19.4. The first-order valence-electron chi connectivity index (χ1n) is 9.38. The molecule has 0 radical (unpaired) electrons. The van der Waals surface area contributed by atoms with Gasteiger partial charge in [-0.05, 0) is 45.4 Å². The van der Waals surface area contributed by atoms with Crippen LogP contribution in [-0.2, 0) is 6.42 Å². The first-order valence-corrected chi connectivity index (χ1v) is 9.38. The van der Waals surface area contributed by atoms with Crippen LogP contribution >= 0.6 is 0 Å². The smallest absolute Gasteiger partial charge is 0.274 e. The fourth-order valence-corrected chi connectivity index (χ4v) is 4.29. The van der Waals surface area contributed by atoms with Crippen LogP contribution in [0.3, 0.4) is 0 Å². The Balaban J connectivity index is 1.70. The highest BCUT2D eigenvalue weighted by Crippen LogP contribution is 2.23. The molecule has 1 aliphatic rings.